The number of carbonyl (C=O) groups excluding carboxylic acids is 1. The molecule has 2 saturated carbocycles. The second-order valence-corrected chi connectivity index (χ2v) is 7.82. The van der Waals surface area contributed by atoms with Crippen LogP contribution < -0.4 is 11.1 Å². The number of nitrogens with zero attached hydrogens (tertiary/aromatic N) is 2. The number of nitrogens with one attached hydrogen (secondary N) is 1. The van der Waals surface area contributed by atoms with E-state index in [2.05, 4.69) is 15.3 Å². The lowest BCUT2D eigenvalue weighted by Crippen LogP contribution is -2.37. The molecule has 0 aliphatic heterocycles. The summed E-state index contributed by atoms with van der Waals surface area (Å²) in [6.07, 6.45) is 10.4. The molecule has 1 aromatic heterocycles. The molecular weight excluding hydrogens is 344 g/mol. The van der Waals surface area contributed by atoms with Crippen molar-refractivity contribution in [1.29, 1.82) is 0 Å². The summed E-state index contributed by atoms with van der Waals surface area (Å²) in [5.41, 5.74) is 5.79. The lowest BCUT2D eigenvalue weighted by molar-refractivity contribution is 0.0255. The first-order chi connectivity index (χ1) is 13.1. The molecular formula is C20H32N4O3. The summed E-state index contributed by atoms with van der Waals surface area (Å²) in [5.74, 6) is 1.18. The van der Waals surface area contributed by atoms with E-state index in [1.54, 1.807) is 0 Å². The van der Waals surface area contributed by atoms with E-state index in [0.717, 1.165) is 70.2 Å². The highest BCUT2D eigenvalue weighted by molar-refractivity contribution is 5.97. The fraction of sp³-hybridized carbons (Fsp3) is 0.750. The average Bonchev–Trinajstić information content (AvgIpc) is 2.65. The quantitative estimate of drug-likeness (QED) is 0.674. The molecule has 1 aromatic rings. The predicted octanol–water partition coefficient (Wildman–Crippen LogP) is 2.43. The van der Waals surface area contributed by atoms with Gasteiger partial charge in [0.1, 0.15) is 11.6 Å². The molecule has 2 fully saturated rings. The zero-order valence-electron chi connectivity index (χ0n) is 16.2. The third-order valence-electron chi connectivity index (χ3n) is 5.82. The van der Waals surface area contributed by atoms with Crippen molar-refractivity contribution in [3.8, 4) is 0 Å². The van der Waals surface area contributed by atoms with Crippen LogP contribution >= 0.6 is 0 Å². The number of aromatic nitrogens is 2. The van der Waals surface area contributed by atoms with Gasteiger partial charge in [-0.1, -0.05) is 12.8 Å². The zero-order chi connectivity index (χ0) is 19.2. The van der Waals surface area contributed by atoms with Crippen LogP contribution in [0.25, 0.3) is 0 Å². The Balaban J connectivity index is 1.67. The fourth-order valence-corrected chi connectivity index (χ4v) is 4.26. The van der Waals surface area contributed by atoms with E-state index in [1.807, 2.05) is 6.92 Å². The van der Waals surface area contributed by atoms with Gasteiger partial charge in [-0.05, 0) is 51.4 Å². The van der Waals surface area contributed by atoms with E-state index < -0.39 is 12.0 Å². The maximum Gasteiger partial charge on any atom is 0.254 e. The maximum atomic E-state index is 11.8. The third kappa shape index (κ3) is 5.39. The van der Waals surface area contributed by atoms with Crippen molar-refractivity contribution >= 4 is 11.7 Å². The summed E-state index contributed by atoms with van der Waals surface area (Å²) >= 11 is 0. The van der Waals surface area contributed by atoms with Gasteiger partial charge < -0.3 is 20.9 Å². The predicted molar refractivity (Wildman–Crippen MR) is 104 cm³/mol. The van der Waals surface area contributed by atoms with Gasteiger partial charge in [-0.25, -0.2) is 9.97 Å². The molecule has 4 N–H and O–H groups in total. The summed E-state index contributed by atoms with van der Waals surface area (Å²) in [6.45, 7) is 2.81. The summed E-state index contributed by atoms with van der Waals surface area (Å²) < 4.78 is 5.72. The number of anilines is 1. The number of primary amides is 1. The van der Waals surface area contributed by atoms with E-state index in [-0.39, 0.29) is 11.6 Å². The number of hydrogen-bond acceptors (Lipinski definition) is 6. The van der Waals surface area contributed by atoms with E-state index in [9.17, 15) is 9.90 Å². The van der Waals surface area contributed by atoms with Crippen LogP contribution in [0, 0.1) is 5.92 Å². The molecule has 0 saturated heterocycles. The zero-order valence-corrected chi connectivity index (χ0v) is 16.2. The van der Waals surface area contributed by atoms with Crippen molar-refractivity contribution in [2.45, 2.75) is 83.0 Å². The standard InChI is InChI=1S/C20H32N4O3/c1-2-27-14-9-7-13(8-10-14)11-18-22-12-15(19(21)26)20(24-18)23-16-5-3-4-6-17(16)25/h12-14,16-17,25H,2-11H2,1H3,(H2,21,26)(H,22,23,24)/t13?,14?,16-,17-/m0/s1. The smallest absolute Gasteiger partial charge is 0.254 e. The molecule has 150 valence electrons. The minimum Gasteiger partial charge on any atom is -0.391 e. The summed E-state index contributed by atoms with van der Waals surface area (Å²) in [4.78, 5) is 20.8. The van der Waals surface area contributed by atoms with Gasteiger partial charge in [-0.15, -0.1) is 0 Å². The molecule has 0 spiro atoms. The van der Waals surface area contributed by atoms with Crippen LogP contribution in [0.15, 0.2) is 6.20 Å². The minimum atomic E-state index is -0.549. The number of aliphatic hydroxyl groups excluding tert-OH is 1. The van der Waals surface area contributed by atoms with Crippen molar-refractivity contribution in [3.63, 3.8) is 0 Å². The monoisotopic (exact) mass is 376 g/mol. The Morgan fingerprint density at radius 2 is 2.00 bits per heavy atom. The van der Waals surface area contributed by atoms with Gasteiger partial charge in [0.05, 0.1) is 23.8 Å². The SMILES string of the molecule is CCOC1CCC(Cc2ncc(C(N)=O)c(N[C@H]3CCCC[C@@H]3O)n2)CC1. The topological polar surface area (TPSA) is 110 Å². The molecule has 1 heterocycles. The molecule has 0 aromatic carbocycles. The van der Waals surface area contributed by atoms with Crippen molar-refractivity contribution < 1.29 is 14.6 Å². The molecule has 7 nitrogen and oxygen atoms in total. The second-order valence-electron chi connectivity index (χ2n) is 7.82. The van der Waals surface area contributed by atoms with E-state index in [1.165, 1.54) is 6.20 Å². The van der Waals surface area contributed by atoms with Gasteiger partial charge in [0.25, 0.3) is 5.91 Å². The van der Waals surface area contributed by atoms with Gasteiger partial charge in [0.2, 0.25) is 0 Å². The number of amides is 1. The Kier molecular flexibility index (Phi) is 7.01. The van der Waals surface area contributed by atoms with Gasteiger partial charge >= 0.3 is 0 Å². The number of carbonyl (C=O) groups is 1. The lowest BCUT2D eigenvalue weighted by atomic mass is 9.85. The first-order valence-corrected chi connectivity index (χ1v) is 10.3. The van der Waals surface area contributed by atoms with Gasteiger partial charge in [-0.2, -0.15) is 0 Å². The molecule has 7 heteroatoms. The second kappa shape index (κ2) is 9.46. The van der Waals surface area contributed by atoms with Crippen LogP contribution in [0.3, 0.4) is 0 Å². The van der Waals surface area contributed by atoms with Gasteiger partial charge in [0, 0.05) is 19.2 Å². The Labute approximate surface area is 161 Å². The molecule has 2 aliphatic carbocycles. The first kappa shape index (κ1) is 20.0. The van der Waals surface area contributed by atoms with Gasteiger partial charge in [0.15, 0.2) is 0 Å². The first-order valence-electron chi connectivity index (χ1n) is 10.3. The Morgan fingerprint density at radius 1 is 1.26 bits per heavy atom. The van der Waals surface area contributed by atoms with Crippen LogP contribution in [0.2, 0.25) is 0 Å². The lowest BCUT2D eigenvalue weighted by Gasteiger charge is -2.30. The van der Waals surface area contributed by atoms with Crippen molar-refractivity contribution in [2.24, 2.45) is 11.7 Å². The molecule has 0 bridgehead atoms. The Morgan fingerprint density at radius 3 is 2.67 bits per heavy atom. The largest absolute Gasteiger partial charge is 0.391 e. The molecule has 2 atom stereocenters. The third-order valence-corrected chi connectivity index (χ3v) is 5.82. The van der Waals surface area contributed by atoms with Crippen molar-refractivity contribution in [1.82, 2.24) is 9.97 Å². The number of aliphatic hydroxyl groups is 1. The van der Waals surface area contributed by atoms with Crippen LogP contribution in [0.5, 0.6) is 0 Å². The summed E-state index contributed by atoms with van der Waals surface area (Å²) in [5, 5.41) is 13.5. The van der Waals surface area contributed by atoms with Crippen LogP contribution in [0.1, 0.15) is 74.5 Å². The van der Waals surface area contributed by atoms with Crippen molar-refractivity contribution in [2.75, 3.05) is 11.9 Å². The van der Waals surface area contributed by atoms with E-state index in [0.29, 0.717) is 17.8 Å². The normalized spacial score (nSPS) is 28.7. The highest BCUT2D eigenvalue weighted by Crippen LogP contribution is 2.29. The Hall–Kier alpha value is -1.73. The Bertz CT molecular complexity index is 632. The van der Waals surface area contributed by atoms with Gasteiger partial charge in [-0.3, -0.25) is 4.79 Å². The van der Waals surface area contributed by atoms with Crippen LogP contribution in [0.4, 0.5) is 5.82 Å². The highest BCUT2D eigenvalue weighted by Gasteiger charge is 2.26. The summed E-state index contributed by atoms with van der Waals surface area (Å²) in [7, 11) is 0. The van der Waals surface area contributed by atoms with Crippen molar-refractivity contribution in [3.05, 3.63) is 17.6 Å². The molecule has 0 unspecified atom stereocenters. The van der Waals surface area contributed by atoms with E-state index >= 15 is 0 Å². The summed E-state index contributed by atoms with van der Waals surface area (Å²) in [6, 6.07) is -0.0961. The maximum absolute atomic E-state index is 11.8. The van der Waals surface area contributed by atoms with Crippen LogP contribution in [-0.2, 0) is 11.2 Å². The number of rotatable bonds is 7. The number of nitrogens with two attached hydrogens (primary N) is 1. The van der Waals surface area contributed by atoms with Crippen LogP contribution in [-0.4, -0.2) is 45.8 Å². The fourth-order valence-electron chi connectivity index (χ4n) is 4.26. The molecule has 2 aliphatic rings. The van der Waals surface area contributed by atoms with E-state index in [4.69, 9.17) is 10.5 Å². The molecule has 0 radical (unpaired) electrons. The highest BCUT2D eigenvalue weighted by atomic mass is 16.5. The molecule has 27 heavy (non-hydrogen) atoms. The molecule has 1 amide bonds. The average molecular weight is 377 g/mol. The number of hydrogen-bond donors (Lipinski definition) is 3. The molecule has 3 rings (SSSR count). The minimum absolute atomic E-state index is 0.0961. The number of ether oxygens (including phenoxy) is 1.